The van der Waals surface area contributed by atoms with Crippen LogP contribution >= 0.6 is 24.0 Å². The van der Waals surface area contributed by atoms with E-state index in [0.29, 0.717) is 30.0 Å². The second-order valence-corrected chi connectivity index (χ2v) is 8.73. The maximum Gasteiger partial charge on any atom is 0.191 e. The first-order chi connectivity index (χ1) is 9.82. The van der Waals surface area contributed by atoms with Crippen LogP contribution in [0.2, 0.25) is 0 Å². The van der Waals surface area contributed by atoms with Crippen LogP contribution in [0.3, 0.4) is 0 Å². The van der Waals surface area contributed by atoms with E-state index in [1.807, 2.05) is 6.92 Å². The minimum absolute atomic E-state index is 0. The molecule has 7 heteroatoms. The van der Waals surface area contributed by atoms with Crippen LogP contribution in [0, 0.1) is 11.8 Å². The molecule has 0 radical (unpaired) electrons. The lowest BCUT2D eigenvalue weighted by atomic mass is 10.0. The van der Waals surface area contributed by atoms with E-state index >= 15 is 0 Å². The second-order valence-electron chi connectivity index (χ2n) is 6.51. The summed E-state index contributed by atoms with van der Waals surface area (Å²) in [6.45, 7) is 10.1. The van der Waals surface area contributed by atoms with Crippen LogP contribution in [0.25, 0.3) is 0 Å². The second kappa shape index (κ2) is 10.7. The van der Waals surface area contributed by atoms with E-state index in [9.17, 15) is 8.42 Å². The third-order valence-electron chi connectivity index (χ3n) is 3.74. The molecule has 1 aliphatic rings. The molecule has 0 saturated carbocycles. The lowest BCUT2D eigenvalue weighted by molar-refractivity contribution is 0.488. The number of halogens is 1. The molecule has 1 aliphatic heterocycles. The molecule has 0 aromatic heterocycles. The standard InChI is InChI=1S/C15H31N3O2S.HI/c1-5-16-15(18-13(4)7-6-12(2)3)17-10-14-8-9-21(19,20)11-14;/h12-14H,5-11H2,1-4H3,(H2,16,17,18);1H. The van der Waals surface area contributed by atoms with Gasteiger partial charge in [0.25, 0.3) is 0 Å². The smallest absolute Gasteiger partial charge is 0.191 e. The van der Waals surface area contributed by atoms with Crippen LogP contribution in [0.5, 0.6) is 0 Å². The summed E-state index contributed by atoms with van der Waals surface area (Å²) in [6, 6.07) is 0.373. The summed E-state index contributed by atoms with van der Waals surface area (Å²) in [5, 5.41) is 6.64. The Morgan fingerprint density at radius 2 is 1.95 bits per heavy atom. The Bertz CT molecular complexity index is 438. The Balaban J connectivity index is 0.00000441. The van der Waals surface area contributed by atoms with Gasteiger partial charge in [-0.05, 0) is 44.9 Å². The molecule has 2 N–H and O–H groups in total. The average Bonchev–Trinajstić information content (AvgIpc) is 2.73. The van der Waals surface area contributed by atoms with Crippen LogP contribution in [0.1, 0.15) is 47.0 Å². The van der Waals surface area contributed by atoms with Gasteiger partial charge in [-0.3, -0.25) is 4.99 Å². The summed E-state index contributed by atoms with van der Waals surface area (Å²) in [6.07, 6.45) is 3.04. The lowest BCUT2D eigenvalue weighted by Gasteiger charge is -2.19. The Hall–Kier alpha value is -0.0500. The molecule has 132 valence electrons. The highest BCUT2D eigenvalue weighted by atomic mass is 127. The van der Waals surface area contributed by atoms with Gasteiger partial charge in [0.15, 0.2) is 15.8 Å². The highest BCUT2D eigenvalue weighted by Crippen LogP contribution is 2.18. The van der Waals surface area contributed by atoms with E-state index in [1.165, 1.54) is 6.42 Å². The Labute approximate surface area is 153 Å². The van der Waals surface area contributed by atoms with Crippen molar-refractivity contribution < 1.29 is 8.42 Å². The van der Waals surface area contributed by atoms with Gasteiger partial charge in [0, 0.05) is 19.1 Å². The fraction of sp³-hybridized carbons (Fsp3) is 0.933. The molecule has 5 nitrogen and oxygen atoms in total. The number of nitrogens with one attached hydrogen (secondary N) is 2. The van der Waals surface area contributed by atoms with Gasteiger partial charge in [0.1, 0.15) is 0 Å². The quantitative estimate of drug-likeness (QED) is 0.359. The number of aliphatic imine (C=N–C) groups is 1. The maximum atomic E-state index is 11.5. The molecule has 1 heterocycles. The third kappa shape index (κ3) is 9.17. The van der Waals surface area contributed by atoms with Gasteiger partial charge < -0.3 is 10.6 Å². The topological polar surface area (TPSA) is 70.6 Å². The van der Waals surface area contributed by atoms with E-state index < -0.39 is 9.84 Å². The highest BCUT2D eigenvalue weighted by Gasteiger charge is 2.27. The van der Waals surface area contributed by atoms with Crippen molar-refractivity contribution in [3.05, 3.63) is 0 Å². The normalized spacial score (nSPS) is 22.2. The van der Waals surface area contributed by atoms with Gasteiger partial charge in [0.05, 0.1) is 11.5 Å². The third-order valence-corrected chi connectivity index (χ3v) is 5.58. The summed E-state index contributed by atoms with van der Waals surface area (Å²) in [4.78, 5) is 4.56. The van der Waals surface area contributed by atoms with Crippen molar-refractivity contribution in [2.75, 3.05) is 24.6 Å². The van der Waals surface area contributed by atoms with E-state index in [1.54, 1.807) is 0 Å². The summed E-state index contributed by atoms with van der Waals surface area (Å²) in [5.41, 5.74) is 0. The lowest BCUT2D eigenvalue weighted by Crippen LogP contribution is -2.42. The Morgan fingerprint density at radius 1 is 1.27 bits per heavy atom. The number of nitrogens with zero attached hydrogens (tertiary/aromatic N) is 1. The molecule has 0 aromatic carbocycles. The first kappa shape index (κ1) is 21.9. The van der Waals surface area contributed by atoms with Crippen molar-refractivity contribution in [3.8, 4) is 0 Å². The number of rotatable bonds is 7. The van der Waals surface area contributed by atoms with Crippen molar-refractivity contribution >= 4 is 39.8 Å². The van der Waals surface area contributed by atoms with Gasteiger partial charge in [-0.25, -0.2) is 8.42 Å². The summed E-state index contributed by atoms with van der Waals surface area (Å²) in [7, 11) is -2.81. The molecule has 0 aliphatic carbocycles. The average molecular weight is 445 g/mol. The predicted molar refractivity (Wildman–Crippen MR) is 105 cm³/mol. The zero-order chi connectivity index (χ0) is 15.9. The molecule has 2 atom stereocenters. The van der Waals surface area contributed by atoms with E-state index in [4.69, 9.17) is 0 Å². The molecule has 22 heavy (non-hydrogen) atoms. The van der Waals surface area contributed by atoms with Crippen molar-refractivity contribution in [3.63, 3.8) is 0 Å². The number of guanidine groups is 1. The first-order valence-electron chi connectivity index (χ1n) is 8.07. The van der Waals surface area contributed by atoms with Gasteiger partial charge in [0.2, 0.25) is 0 Å². The summed E-state index contributed by atoms with van der Waals surface area (Å²) >= 11 is 0. The van der Waals surface area contributed by atoms with Crippen LogP contribution in [0.4, 0.5) is 0 Å². The molecule has 1 fully saturated rings. The highest BCUT2D eigenvalue weighted by molar-refractivity contribution is 14.0. The van der Waals surface area contributed by atoms with Crippen molar-refractivity contribution in [1.82, 2.24) is 10.6 Å². The number of hydrogen-bond donors (Lipinski definition) is 2. The molecule has 0 spiro atoms. The molecule has 0 bridgehead atoms. The van der Waals surface area contributed by atoms with E-state index in [2.05, 4.69) is 36.4 Å². The summed E-state index contributed by atoms with van der Waals surface area (Å²) in [5.74, 6) is 2.30. The van der Waals surface area contributed by atoms with Crippen LogP contribution in [-0.2, 0) is 9.84 Å². The van der Waals surface area contributed by atoms with Gasteiger partial charge >= 0.3 is 0 Å². The molecule has 0 amide bonds. The SMILES string of the molecule is CCNC(=NCC1CCS(=O)(=O)C1)NC(C)CCC(C)C.I. The van der Waals surface area contributed by atoms with E-state index in [-0.39, 0.29) is 29.9 Å². The molecule has 1 rings (SSSR count). The predicted octanol–water partition coefficient (Wildman–Crippen LogP) is 2.42. The molecule has 2 unspecified atom stereocenters. The molecular weight excluding hydrogens is 413 g/mol. The Kier molecular flexibility index (Phi) is 10.6. The first-order valence-corrected chi connectivity index (χ1v) is 9.89. The largest absolute Gasteiger partial charge is 0.357 e. The number of hydrogen-bond acceptors (Lipinski definition) is 3. The Morgan fingerprint density at radius 3 is 2.45 bits per heavy atom. The zero-order valence-electron chi connectivity index (χ0n) is 14.3. The fourth-order valence-corrected chi connectivity index (χ4v) is 4.29. The maximum absolute atomic E-state index is 11.5. The van der Waals surface area contributed by atoms with Gasteiger partial charge in [-0.2, -0.15) is 0 Å². The van der Waals surface area contributed by atoms with Gasteiger partial charge in [-0.15, -0.1) is 24.0 Å². The van der Waals surface area contributed by atoms with Crippen molar-refractivity contribution in [2.45, 2.75) is 53.0 Å². The van der Waals surface area contributed by atoms with E-state index in [0.717, 1.165) is 25.3 Å². The minimum Gasteiger partial charge on any atom is -0.357 e. The molecule has 1 saturated heterocycles. The van der Waals surface area contributed by atoms with Crippen LogP contribution in [0.15, 0.2) is 4.99 Å². The van der Waals surface area contributed by atoms with Crippen molar-refractivity contribution in [1.29, 1.82) is 0 Å². The van der Waals surface area contributed by atoms with Crippen LogP contribution < -0.4 is 10.6 Å². The molecule has 0 aromatic rings. The van der Waals surface area contributed by atoms with Crippen LogP contribution in [-0.4, -0.2) is 45.0 Å². The fourth-order valence-electron chi connectivity index (χ4n) is 2.45. The van der Waals surface area contributed by atoms with Gasteiger partial charge in [-0.1, -0.05) is 13.8 Å². The monoisotopic (exact) mass is 445 g/mol. The minimum atomic E-state index is -2.81. The van der Waals surface area contributed by atoms with Crippen molar-refractivity contribution in [2.24, 2.45) is 16.8 Å². The zero-order valence-corrected chi connectivity index (χ0v) is 17.4. The number of sulfone groups is 1. The molecular formula is C15H32IN3O2S. The summed E-state index contributed by atoms with van der Waals surface area (Å²) < 4.78 is 22.9.